The largest absolute Gasteiger partial charge is 0.390 e. The van der Waals surface area contributed by atoms with E-state index in [1.165, 1.54) is 12.8 Å². The van der Waals surface area contributed by atoms with E-state index in [1.54, 1.807) is 0 Å². The Bertz CT molecular complexity index is 127. The Hall–Kier alpha value is -0.0800. The second-order valence-corrected chi connectivity index (χ2v) is 3.78. The summed E-state index contributed by atoms with van der Waals surface area (Å²) < 4.78 is 0. The molecular weight excluding hydrogens is 138 g/mol. The summed E-state index contributed by atoms with van der Waals surface area (Å²) in [6, 6.07) is 0. The molecule has 66 valence electrons. The fraction of sp³-hybridized carbons (Fsp3) is 1.00. The van der Waals surface area contributed by atoms with E-state index >= 15 is 0 Å². The number of hydrogen-bond acceptors (Lipinski definition) is 2. The summed E-state index contributed by atoms with van der Waals surface area (Å²) in [5.74, 6) is 0.742. The molecular formula is C9H19NO. The standard InChI is InChI=1S/C9H19NO/c1-2-8-3-4-9(11,7-8)5-6-10/h8,11H,2-7,10H2,1H3. The zero-order chi connectivity index (χ0) is 8.32. The zero-order valence-corrected chi connectivity index (χ0v) is 7.34. The summed E-state index contributed by atoms with van der Waals surface area (Å²) >= 11 is 0. The van der Waals surface area contributed by atoms with Gasteiger partial charge in [0.15, 0.2) is 0 Å². The average molecular weight is 157 g/mol. The first kappa shape index (κ1) is 9.01. The van der Waals surface area contributed by atoms with Gasteiger partial charge in [-0.05, 0) is 38.1 Å². The molecule has 2 atom stereocenters. The molecule has 0 spiro atoms. The van der Waals surface area contributed by atoms with Crippen molar-refractivity contribution in [3.63, 3.8) is 0 Å². The van der Waals surface area contributed by atoms with E-state index in [1.807, 2.05) is 0 Å². The van der Waals surface area contributed by atoms with Crippen molar-refractivity contribution in [1.29, 1.82) is 0 Å². The summed E-state index contributed by atoms with van der Waals surface area (Å²) in [6.07, 6.45) is 5.10. The molecule has 0 aromatic carbocycles. The minimum absolute atomic E-state index is 0.407. The number of hydrogen-bond donors (Lipinski definition) is 2. The summed E-state index contributed by atoms with van der Waals surface area (Å²) in [4.78, 5) is 0. The molecule has 0 saturated heterocycles. The minimum atomic E-state index is -0.407. The maximum Gasteiger partial charge on any atom is 0.0662 e. The van der Waals surface area contributed by atoms with E-state index in [0.717, 1.165) is 25.2 Å². The predicted molar refractivity (Wildman–Crippen MR) is 46.3 cm³/mol. The van der Waals surface area contributed by atoms with Gasteiger partial charge in [-0.15, -0.1) is 0 Å². The van der Waals surface area contributed by atoms with E-state index in [9.17, 15) is 5.11 Å². The highest BCUT2D eigenvalue weighted by molar-refractivity contribution is 4.88. The molecule has 1 rings (SSSR count). The van der Waals surface area contributed by atoms with Crippen molar-refractivity contribution in [3.8, 4) is 0 Å². The fourth-order valence-electron chi connectivity index (χ4n) is 2.06. The number of nitrogens with two attached hydrogens (primary N) is 1. The average Bonchev–Trinajstić information content (AvgIpc) is 2.33. The van der Waals surface area contributed by atoms with Crippen molar-refractivity contribution in [1.82, 2.24) is 0 Å². The van der Waals surface area contributed by atoms with E-state index in [4.69, 9.17) is 5.73 Å². The highest BCUT2D eigenvalue weighted by atomic mass is 16.3. The molecule has 2 heteroatoms. The Morgan fingerprint density at radius 3 is 2.82 bits per heavy atom. The molecule has 0 radical (unpaired) electrons. The van der Waals surface area contributed by atoms with Crippen LogP contribution in [0.15, 0.2) is 0 Å². The van der Waals surface area contributed by atoms with E-state index < -0.39 is 5.60 Å². The predicted octanol–water partition coefficient (Wildman–Crippen LogP) is 1.28. The Morgan fingerprint density at radius 2 is 2.36 bits per heavy atom. The first-order chi connectivity index (χ1) is 5.20. The molecule has 0 bridgehead atoms. The lowest BCUT2D eigenvalue weighted by Crippen LogP contribution is -2.28. The Kier molecular flexibility index (Phi) is 2.90. The molecule has 0 aromatic heterocycles. The van der Waals surface area contributed by atoms with Crippen molar-refractivity contribution in [2.24, 2.45) is 11.7 Å². The lowest BCUT2D eigenvalue weighted by molar-refractivity contribution is 0.0370. The van der Waals surface area contributed by atoms with Crippen LogP contribution in [0.3, 0.4) is 0 Å². The maximum absolute atomic E-state index is 9.91. The zero-order valence-electron chi connectivity index (χ0n) is 7.34. The first-order valence-corrected chi connectivity index (χ1v) is 4.62. The maximum atomic E-state index is 9.91. The van der Waals surface area contributed by atoms with Crippen LogP contribution in [0.5, 0.6) is 0 Å². The summed E-state index contributed by atoms with van der Waals surface area (Å²) in [7, 11) is 0. The molecule has 2 nitrogen and oxygen atoms in total. The number of rotatable bonds is 3. The van der Waals surface area contributed by atoms with Crippen LogP contribution < -0.4 is 5.73 Å². The molecule has 0 aliphatic heterocycles. The van der Waals surface area contributed by atoms with Crippen molar-refractivity contribution in [2.75, 3.05) is 6.54 Å². The van der Waals surface area contributed by atoms with Crippen LogP contribution >= 0.6 is 0 Å². The molecule has 3 N–H and O–H groups in total. The second-order valence-electron chi connectivity index (χ2n) is 3.78. The number of aliphatic hydroxyl groups is 1. The highest BCUT2D eigenvalue weighted by Gasteiger charge is 2.35. The van der Waals surface area contributed by atoms with Crippen molar-refractivity contribution >= 4 is 0 Å². The van der Waals surface area contributed by atoms with E-state index in [0.29, 0.717) is 6.54 Å². The van der Waals surface area contributed by atoms with Crippen molar-refractivity contribution in [3.05, 3.63) is 0 Å². The van der Waals surface area contributed by atoms with E-state index in [-0.39, 0.29) is 0 Å². The van der Waals surface area contributed by atoms with Crippen LogP contribution in [-0.4, -0.2) is 17.3 Å². The van der Waals surface area contributed by atoms with Crippen molar-refractivity contribution < 1.29 is 5.11 Å². The van der Waals surface area contributed by atoms with Crippen molar-refractivity contribution in [2.45, 2.75) is 44.6 Å². The second kappa shape index (κ2) is 3.55. The van der Waals surface area contributed by atoms with Crippen LogP contribution in [0.1, 0.15) is 39.0 Å². The quantitative estimate of drug-likeness (QED) is 0.648. The summed E-state index contributed by atoms with van der Waals surface area (Å²) in [5, 5.41) is 9.91. The van der Waals surface area contributed by atoms with Crippen LogP contribution in [0.25, 0.3) is 0 Å². The van der Waals surface area contributed by atoms with Crippen LogP contribution in [0, 0.1) is 5.92 Å². The van der Waals surface area contributed by atoms with Gasteiger partial charge in [-0.1, -0.05) is 13.3 Å². The smallest absolute Gasteiger partial charge is 0.0662 e. The van der Waals surface area contributed by atoms with Gasteiger partial charge in [-0.2, -0.15) is 0 Å². The van der Waals surface area contributed by atoms with E-state index in [2.05, 4.69) is 6.92 Å². The van der Waals surface area contributed by atoms with Gasteiger partial charge in [0.05, 0.1) is 5.60 Å². The van der Waals surface area contributed by atoms with Crippen LogP contribution in [-0.2, 0) is 0 Å². The minimum Gasteiger partial charge on any atom is -0.390 e. The molecule has 1 aliphatic rings. The van der Waals surface area contributed by atoms with Gasteiger partial charge in [0.2, 0.25) is 0 Å². The van der Waals surface area contributed by atoms with Gasteiger partial charge in [-0.3, -0.25) is 0 Å². The third kappa shape index (κ3) is 2.17. The third-order valence-corrected chi connectivity index (χ3v) is 2.87. The first-order valence-electron chi connectivity index (χ1n) is 4.62. The Morgan fingerprint density at radius 1 is 1.64 bits per heavy atom. The molecule has 0 heterocycles. The molecule has 11 heavy (non-hydrogen) atoms. The Labute approximate surface area is 68.8 Å². The Balaban J connectivity index is 2.37. The summed E-state index contributed by atoms with van der Waals surface area (Å²) in [6.45, 7) is 2.81. The van der Waals surface area contributed by atoms with Gasteiger partial charge < -0.3 is 10.8 Å². The summed E-state index contributed by atoms with van der Waals surface area (Å²) in [5.41, 5.74) is 5.01. The van der Waals surface area contributed by atoms with Crippen LogP contribution in [0.4, 0.5) is 0 Å². The van der Waals surface area contributed by atoms with Gasteiger partial charge in [-0.25, -0.2) is 0 Å². The van der Waals surface area contributed by atoms with Crippen LogP contribution in [0.2, 0.25) is 0 Å². The lowest BCUT2D eigenvalue weighted by Gasteiger charge is -2.21. The van der Waals surface area contributed by atoms with Gasteiger partial charge in [0.25, 0.3) is 0 Å². The molecule has 0 aromatic rings. The lowest BCUT2D eigenvalue weighted by atomic mass is 9.95. The van der Waals surface area contributed by atoms with Gasteiger partial charge in [0.1, 0.15) is 0 Å². The normalized spacial score (nSPS) is 37.9. The molecule has 1 aliphatic carbocycles. The monoisotopic (exact) mass is 157 g/mol. The fourth-order valence-corrected chi connectivity index (χ4v) is 2.06. The van der Waals surface area contributed by atoms with Gasteiger partial charge in [0, 0.05) is 0 Å². The molecule has 0 amide bonds. The topological polar surface area (TPSA) is 46.2 Å². The van der Waals surface area contributed by atoms with Gasteiger partial charge >= 0.3 is 0 Å². The molecule has 2 unspecified atom stereocenters. The molecule has 1 saturated carbocycles. The third-order valence-electron chi connectivity index (χ3n) is 2.87. The highest BCUT2D eigenvalue weighted by Crippen LogP contribution is 2.37. The SMILES string of the molecule is CCC1CCC(O)(CCN)C1. The molecule has 1 fully saturated rings.